The van der Waals surface area contributed by atoms with Gasteiger partial charge in [0.05, 0.1) is 5.75 Å². The lowest BCUT2D eigenvalue weighted by Gasteiger charge is -2.23. The highest BCUT2D eigenvalue weighted by Gasteiger charge is 2.15. The number of rotatable bonds is 5. The van der Waals surface area contributed by atoms with E-state index in [1.54, 1.807) is 11.8 Å². The van der Waals surface area contributed by atoms with Gasteiger partial charge in [0.25, 0.3) is 0 Å². The molecule has 0 radical (unpaired) electrons. The zero-order valence-corrected chi connectivity index (χ0v) is 12.6. The largest absolute Gasteiger partial charge is 0.381 e. The molecule has 5 heteroatoms. The second kappa shape index (κ2) is 7.67. The van der Waals surface area contributed by atoms with Crippen LogP contribution in [0.15, 0.2) is 29.2 Å². The van der Waals surface area contributed by atoms with Gasteiger partial charge in [-0.1, -0.05) is 12.1 Å². The number of ether oxygens (including phenoxy) is 1. The Morgan fingerprint density at radius 2 is 2.05 bits per heavy atom. The molecule has 1 aromatic rings. The van der Waals surface area contributed by atoms with Crippen molar-refractivity contribution in [3.05, 3.63) is 29.8 Å². The topological polar surface area (TPSA) is 64.4 Å². The molecular formula is C15H22N2O2S. The Hall–Kier alpha value is -1.04. The standard InChI is InChI=1S/C15H22N2O2S/c1-11(16)12-2-4-14(5-3-12)20-10-15(18)17-13-6-8-19-9-7-13/h2-5,11,13H,6-10,16H2,1H3,(H,17,18). The van der Waals surface area contributed by atoms with Gasteiger partial charge >= 0.3 is 0 Å². The van der Waals surface area contributed by atoms with Gasteiger partial charge in [-0.3, -0.25) is 4.79 Å². The molecule has 1 saturated heterocycles. The summed E-state index contributed by atoms with van der Waals surface area (Å²) in [4.78, 5) is 13.0. The summed E-state index contributed by atoms with van der Waals surface area (Å²) in [5.41, 5.74) is 6.92. The normalized spacial score (nSPS) is 17.7. The van der Waals surface area contributed by atoms with Crippen LogP contribution in [0.25, 0.3) is 0 Å². The minimum absolute atomic E-state index is 0.0471. The zero-order valence-electron chi connectivity index (χ0n) is 11.8. The highest BCUT2D eigenvalue weighted by Crippen LogP contribution is 2.20. The molecule has 1 heterocycles. The van der Waals surface area contributed by atoms with E-state index in [2.05, 4.69) is 5.32 Å². The van der Waals surface area contributed by atoms with Crippen LogP contribution in [-0.2, 0) is 9.53 Å². The van der Waals surface area contributed by atoms with Crippen LogP contribution in [0.1, 0.15) is 31.4 Å². The van der Waals surface area contributed by atoms with Crippen molar-refractivity contribution < 1.29 is 9.53 Å². The van der Waals surface area contributed by atoms with Crippen molar-refractivity contribution in [3.63, 3.8) is 0 Å². The predicted octanol–water partition coefficient (Wildman–Crippen LogP) is 2.09. The molecule has 1 aliphatic rings. The lowest BCUT2D eigenvalue weighted by atomic mass is 10.1. The third-order valence-corrected chi connectivity index (χ3v) is 4.37. The van der Waals surface area contributed by atoms with Crippen LogP contribution >= 0.6 is 11.8 Å². The zero-order chi connectivity index (χ0) is 14.4. The summed E-state index contributed by atoms with van der Waals surface area (Å²) in [6.07, 6.45) is 1.83. The lowest BCUT2D eigenvalue weighted by Crippen LogP contribution is -2.39. The van der Waals surface area contributed by atoms with Gasteiger partial charge in [0, 0.05) is 30.2 Å². The van der Waals surface area contributed by atoms with Crippen molar-refractivity contribution in [1.82, 2.24) is 5.32 Å². The quantitative estimate of drug-likeness (QED) is 0.816. The molecule has 0 bridgehead atoms. The molecule has 1 fully saturated rings. The van der Waals surface area contributed by atoms with E-state index in [0.717, 1.165) is 36.5 Å². The Labute approximate surface area is 124 Å². The third kappa shape index (κ3) is 4.81. The third-order valence-electron chi connectivity index (χ3n) is 3.36. The van der Waals surface area contributed by atoms with Gasteiger partial charge in [-0.2, -0.15) is 0 Å². The van der Waals surface area contributed by atoms with Crippen LogP contribution in [0.3, 0.4) is 0 Å². The van der Waals surface area contributed by atoms with E-state index in [9.17, 15) is 4.79 Å². The van der Waals surface area contributed by atoms with Gasteiger partial charge in [-0.05, 0) is 37.5 Å². The highest BCUT2D eigenvalue weighted by molar-refractivity contribution is 8.00. The minimum Gasteiger partial charge on any atom is -0.381 e. The van der Waals surface area contributed by atoms with Crippen LogP contribution in [0.5, 0.6) is 0 Å². The van der Waals surface area contributed by atoms with Crippen LogP contribution in [0, 0.1) is 0 Å². The maximum Gasteiger partial charge on any atom is 0.230 e. The Balaban J connectivity index is 1.74. The van der Waals surface area contributed by atoms with E-state index >= 15 is 0 Å². The molecule has 1 atom stereocenters. The van der Waals surface area contributed by atoms with E-state index in [0.29, 0.717) is 5.75 Å². The molecular weight excluding hydrogens is 272 g/mol. The average molecular weight is 294 g/mol. The summed E-state index contributed by atoms with van der Waals surface area (Å²) in [6.45, 7) is 3.46. The van der Waals surface area contributed by atoms with E-state index in [-0.39, 0.29) is 18.0 Å². The monoisotopic (exact) mass is 294 g/mol. The number of carbonyl (C=O) groups excluding carboxylic acids is 1. The molecule has 1 aromatic carbocycles. The van der Waals surface area contributed by atoms with E-state index in [1.807, 2.05) is 31.2 Å². The first kappa shape index (κ1) is 15.4. The molecule has 0 saturated carbocycles. The molecule has 0 aliphatic carbocycles. The first-order valence-corrected chi connectivity index (χ1v) is 7.99. The maximum absolute atomic E-state index is 11.9. The first-order valence-electron chi connectivity index (χ1n) is 7.00. The van der Waals surface area contributed by atoms with Gasteiger partial charge in [-0.25, -0.2) is 0 Å². The number of carbonyl (C=O) groups is 1. The molecule has 4 nitrogen and oxygen atoms in total. The van der Waals surface area contributed by atoms with Gasteiger partial charge in [0.1, 0.15) is 0 Å². The van der Waals surface area contributed by atoms with Crippen molar-refractivity contribution in [1.29, 1.82) is 0 Å². The maximum atomic E-state index is 11.9. The van der Waals surface area contributed by atoms with Gasteiger partial charge in [-0.15, -0.1) is 11.8 Å². The number of amides is 1. The summed E-state index contributed by atoms with van der Waals surface area (Å²) in [5.74, 6) is 0.549. The van der Waals surface area contributed by atoms with Gasteiger partial charge < -0.3 is 15.8 Å². The second-order valence-electron chi connectivity index (χ2n) is 5.10. The molecule has 1 unspecified atom stereocenters. The molecule has 110 valence electrons. The Kier molecular flexibility index (Phi) is 5.88. The number of hydrogen-bond acceptors (Lipinski definition) is 4. The van der Waals surface area contributed by atoms with Crippen molar-refractivity contribution in [2.45, 2.75) is 36.7 Å². The fourth-order valence-electron chi connectivity index (χ4n) is 2.13. The van der Waals surface area contributed by atoms with Crippen LogP contribution < -0.4 is 11.1 Å². The van der Waals surface area contributed by atoms with Crippen molar-refractivity contribution in [2.75, 3.05) is 19.0 Å². The van der Waals surface area contributed by atoms with Crippen molar-refractivity contribution in [2.24, 2.45) is 5.73 Å². The SMILES string of the molecule is CC(N)c1ccc(SCC(=O)NC2CCOCC2)cc1. The Morgan fingerprint density at radius 3 is 2.65 bits per heavy atom. The molecule has 1 aliphatic heterocycles. The van der Waals surface area contributed by atoms with E-state index in [4.69, 9.17) is 10.5 Å². The molecule has 2 rings (SSSR count). The fourth-order valence-corrected chi connectivity index (χ4v) is 2.84. The van der Waals surface area contributed by atoms with Crippen LogP contribution in [0.2, 0.25) is 0 Å². The smallest absolute Gasteiger partial charge is 0.230 e. The summed E-state index contributed by atoms with van der Waals surface area (Å²) in [7, 11) is 0. The van der Waals surface area contributed by atoms with Gasteiger partial charge in [0.2, 0.25) is 5.91 Å². The number of nitrogens with one attached hydrogen (secondary N) is 1. The average Bonchev–Trinajstić information content (AvgIpc) is 2.46. The lowest BCUT2D eigenvalue weighted by molar-refractivity contribution is -0.119. The minimum atomic E-state index is 0.0471. The summed E-state index contributed by atoms with van der Waals surface area (Å²) in [6, 6.07) is 8.39. The number of benzene rings is 1. The molecule has 20 heavy (non-hydrogen) atoms. The van der Waals surface area contributed by atoms with Gasteiger partial charge in [0.15, 0.2) is 0 Å². The summed E-state index contributed by atoms with van der Waals surface area (Å²) >= 11 is 1.55. The van der Waals surface area contributed by atoms with Crippen molar-refractivity contribution >= 4 is 17.7 Å². The fraction of sp³-hybridized carbons (Fsp3) is 0.533. The van der Waals surface area contributed by atoms with E-state index < -0.39 is 0 Å². The molecule has 0 aromatic heterocycles. The summed E-state index contributed by atoms with van der Waals surface area (Å²) < 4.78 is 5.27. The molecule has 3 N–H and O–H groups in total. The molecule has 1 amide bonds. The Morgan fingerprint density at radius 1 is 1.40 bits per heavy atom. The van der Waals surface area contributed by atoms with E-state index in [1.165, 1.54) is 0 Å². The van der Waals surface area contributed by atoms with Crippen LogP contribution in [0.4, 0.5) is 0 Å². The molecule has 0 spiro atoms. The second-order valence-corrected chi connectivity index (χ2v) is 6.15. The predicted molar refractivity (Wildman–Crippen MR) is 81.8 cm³/mol. The number of hydrogen-bond donors (Lipinski definition) is 2. The van der Waals surface area contributed by atoms with Crippen molar-refractivity contribution in [3.8, 4) is 0 Å². The first-order chi connectivity index (χ1) is 9.65. The number of thioether (sulfide) groups is 1. The number of nitrogens with two attached hydrogens (primary N) is 1. The summed E-state index contributed by atoms with van der Waals surface area (Å²) in [5, 5.41) is 3.06. The highest BCUT2D eigenvalue weighted by atomic mass is 32.2. The Bertz CT molecular complexity index is 428. The van der Waals surface area contributed by atoms with Crippen LogP contribution in [-0.4, -0.2) is 30.9 Å².